The zero-order valence-electron chi connectivity index (χ0n) is 18.1. The number of carbonyl (C=O) groups is 2. The summed E-state index contributed by atoms with van der Waals surface area (Å²) in [6.07, 6.45) is 2.80. The molecule has 0 spiro atoms. The predicted octanol–water partition coefficient (Wildman–Crippen LogP) is 4.04. The summed E-state index contributed by atoms with van der Waals surface area (Å²) in [5, 5.41) is 12.7. The van der Waals surface area contributed by atoms with Crippen LogP contribution in [0.25, 0.3) is 11.4 Å². The zero-order chi connectivity index (χ0) is 22.7. The highest BCUT2D eigenvalue weighted by atomic mass is 32.2. The molecule has 0 radical (unpaired) electrons. The Labute approximate surface area is 194 Å². The summed E-state index contributed by atoms with van der Waals surface area (Å²) in [4.78, 5) is 26.1. The molecule has 1 amide bonds. The van der Waals surface area contributed by atoms with Crippen LogP contribution in [0.4, 0.5) is 5.00 Å². The lowest BCUT2D eigenvalue weighted by Gasteiger charge is -2.09. The number of ether oxygens (including phenoxy) is 2. The molecule has 32 heavy (non-hydrogen) atoms. The highest BCUT2D eigenvalue weighted by Gasteiger charge is 2.28. The molecule has 0 aliphatic heterocycles. The number of nitrogens with zero attached hydrogens (tertiary/aromatic N) is 3. The van der Waals surface area contributed by atoms with Crippen molar-refractivity contribution in [3.8, 4) is 17.1 Å². The molecule has 3 aromatic rings. The first-order valence-electron chi connectivity index (χ1n) is 10.3. The van der Waals surface area contributed by atoms with E-state index in [1.165, 1.54) is 30.2 Å². The number of nitrogens with one attached hydrogen (secondary N) is 1. The summed E-state index contributed by atoms with van der Waals surface area (Å²) in [5.74, 6) is 1.07. The van der Waals surface area contributed by atoms with Gasteiger partial charge in [-0.2, -0.15) is 0 Å². The van der Waals surface area contributed by atoms with Gasteiger partial charge in [0.15, 0.2) is 11.0 Å². The van der Waals surface area contributed by atoms with Crippen LogP contribution in [0.2, 0.25) is 0 Å². The van der Waals surface area contributed by atoms with Gasteiger partial charge in [0, 0.05) is 17.0 Å². The van der Waals surface area contributed by atoms with E-state index in [9.17, 15) is 9.59 Å². The molecule has 4 rings (SSSR count). The topological polar surface area (TPSA) is 95.3 Å². The monoisotopic (exact) mass is 472 g/mol. The van der Waals surface area contributed by atoms with Crippen molar-refractivity contribution in [1.82, 2.24) is 14.8 Å². The summed E-state index contributed by atoms with van der Waals surface area (Å²) in [5.41, 5.74) is 2.44. The van der Waals surface area contributed by atoms with Crippen molar-refractivity contribution in [2.45, 2.75) is 37.9 Å². The van der Waals surface area contributed by atoms with Crippen LogP contribution in [0, 0.1) is 0 Å². The average molecular weight is 473 g/mol. The second-order valence-electron chi connectivity index (χ2n) is 7.17. The molecular weight excluding hydrogens is 448 g/mol. The number of esters is 1. The number of anilines is 1. The van der Waals surface area contributed by atoms with Crippen LogP contribution < -0.4 is 10.1 Å². The Balaban J connectivity index is 1.46. The van der Waals surface area contributed by atoms with E-state index in [1.807, 2.05) is 35.8 Å². The fourth-order valence-corrected chi connectivity index (χ4v) is 5.83. The minimum absolute atomic E-state index is 0.157. The molecule has 0 atom stereocenters. The van der Waals surface area contributed by atoms with Crippen LogP contribution in [0.3, 0.4) is 0 Å². The first-order valence-corrected chi connectivity index (χ1v) is 12.1. The van der Waals surface area contributed by atoms with Gasteiger partial charge in [-0.25, -0.2) is 4.79 Å². The van der Waals surface area contributed by atoms with Gasteiger partial charge in [0.05, 0.1) is 25.5 Å². The molecule has 2 heterocycles. The summed E-state index contributed by atoms with van der Waals surface area (Å²) in [6, 6.07) is 7.62. The number of thiophene rings is 1. The third-order valence-corrected chi connectivity index (χ3v) is 7.45. The summed E-state index contributed by atoms with van der Waals surface area (Å²) >= 11 is 2.78. The maximum Gasteiger partial charge on any atom is 0.341 e. The molecule has 1 N–H and O–H groups in total. The molecule has 1 aliphatic carbocycles. The number of hydrogen-bond donors (Lipinski definition) is 1. The van der Waals surface area contributed by atoms with Gasteiger partial charge in [0.25, 0.3) is 0 Å². The van der Waals surface area contributed by atoms with Crippen LogP contribution >= 0.6 is 23.1 Å². The number of aromatic nitrogens is 3. The fourth-order valence-electron chi connectivity index (χ4n) is 3.74. The fraction of sp³-hybridized carbons (Fsp3) is 0.364. The second-order valence-corrected chi connectivity index (χ2v) is 9.22. The van der Waals surface area contributed by atoms with E-state index in [4.69, 9.17) is 9.47 Å². The largest absolute Gasteiger partial charge is 0.497 e. The molecule has 10 heteroatoms. The number of benzene rings is 1. The van der Waals surface area contributed by atoms with Crippen LogP contribution in [-0.4, -0.2) is 46.6 Å². The molecule has 0 fully saturated rings. The van der Waals surface area contributed by atoms with Crippen molar-refractivity contribution in [3.63, 3.8) is 0 Å². The Morgan fingerprint density at radius 2 is 1.97 bits per heavy atom. The Hall–Kier alpha value is -2.85. The normalized spacial score (nSPS) is 12.5. The van der Waals surface area contributed by atoms with E-state index in [-0.39, 0.29) is 11.7 Å². The Morgan fingerprint density at radius 3 is 2.66 bits per heavy atom. The molecule has 1 aromatic carbocycles. The van der Waals surface area contributed by atoms with Gasteiger partial charge in [0.2, 0.25) is 5.91 Å². The first kappa shape index (κ1) is 22.3. The lowest BCUT2D eigenvalue weighted by Crippen LogP contribution is -2.16. The van der Waals surface area contributed by atoms with E-state index >= 15 is 0 Å². The molecule has 8 nitrogen and oxygen atoms in total. The minimum Gasteiger partial charge on any atom is -0.497 e. The molecule has 0 unspecified atom stereocenters. The predicted molar refractivity (Wildman–Crippen MR) is 125 cm³/mol. The van der Waals surface area contributed by atoms with E-state index in [2.05, 4.69) is 15.5 Å². The Morgan fingerprint density at radius 1 is 1.19 bits per heavy atom. The molecule has 0 saturated heterocycles. The quantitative estimate of drug-likeness (QED) is 0.390. The van der Waals surface area contributed by atoms with Crippen LogP contribution in [0.1, 0.15) is 34.1 Å². The highest BCUT2D eigenvalue weighted by Crippen LogP contribution is 2.39. The third-order valence-electron chi connectivity index (χ3n) is 5.28. The zero-order valence-corrected chi connectivity index (χ0v) is 19.8. The number of carbonyl (C=O) groups excluding carboxylic acids is 2. The van der Waals surface area contributed by atoms with Crippen molar-refractivity contribution in [2.24, 2.45) is 0 Å². The van der Waals surface area contributed by atoms with Crippen LogP contribution in [0.15, 0.2) is 29.4 Å². The van der Waals surface area contributed by atoms with Crippen molar-refractivity contribution in [2.75, 3.05) is 25.3 Å². The molecule has 1 aliphatic rings. The number of rotatable bonds is 8. The number of hydrogen-bond acceptors (Lipinski definition) is 8. The SMILES string of the molecule is CCn1c(SCC(=O)Nc2sc3c(c2C(=O)OC)CCC3)nnc1-c1ccc(OC)cc1. The molecule has 2 aromatic heterocycles. The molecule has 0 bridgehead atoms. The van der Waals surface area contributed by atoms with Gasteiger partial charge in [-0.3, -0.25) is 4.79 Å². The van der Waals surface area contributed by atoms with Crippen molar-refractivity contribution >= 4 is 40.0 Å². The standard InChI is InChI=1S/C22H24N4O4S2/c1-4-26-19(13-8-10-14(29-2)11-9-13)24-25-22(26)31-12-17(27)23-20-18(21(28)30-3)15-6-5-7-16(15)32-20/h8-11H,4-7,12H2,1-3H3,(H,23,27). The lowest BCUT2D eigenvalue weighted by atomic mass is 10.1. The van der Waals surface area contributed by atoms with Gasteiger partial charge in [0.1, 0.15) is 10.8 Å². The van der Waals surface area contributed by atoms with Gasteiger partial charge in [-0.05, 0) is 56.0 Å². The summed E-state index contributed by atoms with van der Waals surface area (Å²) < 4.78 is 12.1. The van der Waals surface area contributed by atoms with Crippen molar-refractivity contribution < 1.29 is 19.1 Å². The summed E-state index contributed by atoms with van der Waals surface area (Å²) in [6.45, 7) is 2.68. The Kier molecular flexibility index (Phi) is 6.80. The van der Waals surface area contributed by atoms with Crippen LogP contribution in [-0.2, 0) is 28.9 Å². The maximum atomic E-state index is 12.7. The van der Waals surface area contributed by atoms with Gasteiger partial charge >= 0.3 is 5.97 Å². The van der Waals surface area contributed by atoms with Gasteiger partial charge in [-0.1, -0.05) is 11.8 Å². The van der Waals surface area contributed by atoms with Crippen molar-refractivity contribution in [3.05, 3.63) is 40.3 Å². The molecule has 168 valence electrons. The van der Waals surface area contributed by atoms with E-state index in [1.54, 1.807) is 7.11 Å². The highest BCUT2D eigenvalue weighted by molar-refractivity contribution is 7.99. The maximum absolute atomic E-state index is 12.7. The second kappa shape index (κ2) is 9.74. The smallest absolute Gasteiger partial charge is 0.341 e. The van der Waals surface area contributed by atoms with Gasteiger partial charge in [-0.15, -0.1) is 21.5 Å². The molecular formula is C22H24N4O4S2. The van der Waals surface area contributed by atoms with E-state index in [0.29, 0.717) is 22.3 Å². The third kappa shape index (κ3) is 4.37. The summed E-state index contributed by atoms with van der Waals surface area (Å²) in [7, 11) is 2.99. The number of fused-ring (bicyclic) bond motifs is 1. The van der Waals surface area contributed by atoms with Crippen molar-refractivity contribution in [1.29, 1.82) is 0 Å². The molecule has 0 saturated carbocycles. The van der Waals surface area contributed by atoms with Crippen LogP contribution in [0.5, 0.6) is 5.75 Å². The van der Waals surface area contributed by atoms with Gasteiger partial charge < -0.3 is 19.4 Å². The minimum atomic E-state index is -0.401. The number of methoxy groups -OCH3 is 2. The number of amides is 1. The Bertz CT molecular complexity index is 1140. The first-order chi connectivity index (χ1) is 15.5. The van der Waals surface area contributed by atoms with E-state index < -0.39 is 5.97 Å². The number of aryl methyl sites for hydroxylation is 1. The lowest BCUT2D eigenvalue weighted by molar-refractivity contribution is -0.113. The average Bonchev–Trinajstić information content (AvgIpc) is 3.51. The van der Waals surface area contributed by atoms with E-state index in [0.717, 1.165) is 46.8 Å². The number of thioether (sulfide) groups is 1.